The van der Waals surface area contributed by atoms with E-state index in [9.17, 15) is 9.59 Å². The number of amides is 1. The third-order valence-electron chi connectivity index (χ3n) is 5.95. The van der Waals surface area contributed by atoms with Crippen molar-refractivity contribution in [1.29, 1.82) is 0 Å². The standard InChI is InChI=1S/C19H23N3O5/c1-26-14-4-2-13-3-5-15(23)22(16(13)20-14)11-10-19-8-6-18(7-9-19,12-27-19)21-17(24)25/h2-5,21H,6-12H2,1H3,(H,24,25). The molecule has 2 N–H and O–H groups in total. The molecule has 2 aromatic heterocycles. The maximum atomic E-state index is 12.4. The Morgan fingerprint density at radius 2 is 2.04 bits per heavy atom. The maximum Gasteiger partial charge on any atom is 0.405 e. The molecule has 1 amide bonds. The Labute approximate surface area is 156 Å². The fourth-order valence-corrected chi connectivity index (χ4v) is 4.26. The maximum absolute atomic E-state index is 12.4. The fourth-order valence-electron chi connectivity index (χ4n) is 4.26. The Hall–Kier alpha value is -2.61. The molecule has 2 bridgehead atoms. The molecule has 0 spiro atoms. The van der Waals surface area contributed by atoms with Crippen LogP contribution < -0.4 is 15.6 Å². The summed E-state index contributed by atoms with van der Waals surface area (Å²) in [5.74, 6) is 0.469. The van der Waals surface area contributed by atoms with Crippen LogP contribution >= 0.6 is 0 Å². The van der Waals surface area contributed by atoms with Crippen LogP contribution in [0.25, 0.3) is 11.0 Å². The van der Waals surface area contributed by atoms with E-state index in [1.807, 2.05) is 6.07 Å². The summed E-state index contributed by atoms with van der Waals surface area (Å²) < 4.78 is 13.0. The molecule has 2 aromatic rings. The number of ether oxygens (including phenoxy) is 2. The first kappa shape index (κ1) is 17.8. The van der Waals surface area contributed by atoms with Crippen molar-refractivity contribution in [2.45, 2.75) is 49.8 Å². The molecule has 1 saturated carbocycles. The number of carbonyl (C=O) groups is 1. The molecule has 8 heteroatoms. The minimum absolute atomic E-state index is 0.104. The summed E-state index contributed by atoms with van der Waals surface area (Å²) in [5.41, 5.74) is -0.263. The molecule has 3 aliphatic rings. The SMILES string of the molecule is COc1ccc2ccc(=O)n(CCC34CCC(NC(=O)O)(CC3)CO4)c2n1. The van der Waals surface area contributed by atoms with Crippen molar-refractivity contribution in [1.82, 2.24) is 14.9 Å². The molecule has 0 unspecified atom stereocenters. The molecule has 0 atom stereocenters. The normalized spacial score (nSPS) is 26.9. The number of nitrogens with zero attached hydrogens (tertiary/aromatic N) is 2. The largest absolute Gasteiger partial charge is 0.481 e. The molecular formula is C19H23N3O5. The first-order valence-corrected chi connectivity index (χ1v) is 9.14. The quantitative estimate of drug-likeness (QED) is 0.832. The zero-order valence-corrected chi connectivity index (χ0v) is 15.2. The molecule has 2 saturated heterocycles. The summed E-state index contributed by atoms with van der Waals surface area (Å²) in [6, 6.07) is 6.98. The number of rotatable bonds is 5. The summed E-state index contributed by atoms with van der Waals surface area (Å²) in [6.07, 6.45) is 2.77. The van der Waals surface area contributed by atoms with E-state index in [4.69, 9.17) is 14.6 Å². The summed E-state index contributed by atoms with van der Waals surface area (Å²) in [6.45, 7) is 0.880. The number of nitrogens with one attached hydrogen (secondary N) is 1. The van der Waals surface area contributed by atoms with Gasteiger partial charge in [0, 0.05) is 24.1 Å². The van der Waals surface area contributed by atoms with Gasteiger partial charge in [-0.3, -0.25) is 9.36 Å². The summed E-state index contributed by atoms with van der Waals surface area (Å²) in [4.78, 5) is 27.9. The van der Waals surface area contributed by atoms with Gasteiger partial charge in [0.15, 0.2) is 0 Å². The minimum atomic E-state index is -1.00. The van der Waals surface area contributed by atoms with Crippen molar-refractivity contribution >= 4 is 17.1 Å². The molecule has 0 radical (unpaired) electrons. The van der Waals surface area contributed by atoms with Crippen LogP contribution in [0.4, 0.5) is 4.79 Å². The lowest BCUT2D eigenvalue weighted by Crippen LogP contribution is -2.62. The van der Waals surface area contributed by atoms with Gasteiger partial charge in [0.25, 0.3) is 5.56 Å². The first-order valence-electron chi connectivity index (χ1n) is 9.14. The van der Waals surface area contributed by atoms with E-state index in [2.05, 4.69) is 10.3 Å². The van der Waals surface area contributed by atoms with Crippen LogP contribution in [0.2, 0.25) is 0 Å². The van der Waals surface area contributed by atoms with Crippen molar-refractivity contribution < 1.29 is 19.4 Å². The summed E-state index contributed by atoms with van der Waals surface area (Å²) in [7, 11) is 1.55. The van der Waals surface area contributed by atoms with Gasteiger partial charge in [-0.05, 0) is 44.2 Å². The number of methoxy groups -OCH3 is 1. The van der Waals surface area contributed by atoms with Gasteiger partial charge in [-0.1, -0.05) is 0 Å². The molecule has 4 heterocycles. The van der Waals surface area contributed by atoms with Gasteiger partial charge in [-0.15, -0.1) is 0 Å². The number of aromatic nitrogens is 2. The highest BCUT2D eigenvalue weighted by Gasteiger charge is 2.50. The Bertz CT molecular complexity index is 914. The molecule has 27 heavy (non-hydrogen) atoms. The second kappa shape index (κ2) is 6.53. The van der Waals surface area contributed by atoms with E-state index in [0.29, 0.717) is 31.1 Å². The average Bonchev–Trinajstić information content (AvgIpc) is 2.67. The monoisotopic (exact) mass is 373 g/mol. The van der Waals surface area contributed by atoms with E-state index in [1.54, 1.807) is 29.9 Å². The molecule has 8 nitrogen and oxygen atoms in total. The lowest BCUT2D eigenvalue weighted by molar-refractivity contribution is -0.164. The average molecular weight is 373 g/mol. The summed E-state index contributed by atoms with van der Waals surface area (Å²) in [5, 5.41) is 12.6. The molecular weight excluding hydrogens is 350 g/mol. The Balaban J connectivity index is 1.54. The highest BCUT2D eigenvalue weighted by Crippen LogP contribution is 2.45. The molecule has 3 fully saturated rings. The second-order valence-corrected chi connectivity index (χ2v) is 7.52. The smallest absolute Gasteiger partial charge is 0.405 e. The lowest BCUT2D eigenvalue weighted by atomic mass is 9.70. The fraction of sp³-hybridized carbons (Fsp3) is 0.526. The van der Waals surface area contributed by atoms with Crippen molar-refractivity contribution in [2.24, 2.45) is 0 Å². The number of fused-ring (bicyclic) bond motifs is 4. The Morgan fingerprint density at radius 1 is 1.30 bits per heavy atom. The van der Waals surface area contributed by atoms with Crippen molar-refractivity contribution in [3.8, 4) is 5.88 Å². The highest BCUT2D eigenvalue weighted by atomic mass is 16.5. The predicted octanol–water partition coefficient (Wildman–Crippen LogP) is 2.14. The van der Waals surface area contributed by atoms with Crippen LogP contribution in [-0.4, -0.2) is 45.6 Å². The van der Waals surface area contributed by atoms with E-state index in [-0.39, 0.29) is 11.2 Å². The Kier molecular flexibility index (Phi) is 4.30. The molecule has 2 aliphatic heterocycles. The van der Waals surface area contributed by atoms with Crippen LogP contribution in [0.3, 0.4) is 0 Å². The van der Waals surface area contributed by atoms with Gasteiger partial charge in [0.05, 0.1) is 24.9 Å². The van der Waals surface area contributed by atoms with E-state index in [1.165, 1.54) is 0 Å². The summed E-state index contributed by atoms with van der Waals surface area (Å²) >= 11 is 0. The lowest BCUT2D eigenvalue weighted by Gasteiger charge is -2.53. The van der Waals surface area contributed by atoms with E-state index < -0.39 is 11.6 Å². The molecule has 5 rings (SSSR count). The molecule has 1 aliphatic carbocycles. The van der Waals surface area contributed by atoms with Gasteiger partial charge in [0.1, 0.15) is 5.65 Å². The molecule has 0 aromatic carbocycles. The van der Waals surface area contributed by atoms with Gasteiger partial charge in [0.2, 0.25) is 5.88 Å². The van der Waals surface area contributed by atoms with Gasteiger partial charge >= 0.3 is 6.09 Å². The minimum Gasteiger partial charge on any atom is -0.481 e. The van der Waals surface area contributed by atoms with Gasteiger partial charge < -0.3 is 19.9 Å². The highest BCUT2D eigenvalue weighted by molar-refractivity contribution is 5.75. The predicted molar refractivity (Wildman–Crippen MR) is 98.2 cm³/mol. The third-order valence-corrected chi connectivity index (χ3v) is 5.95. The van der Waals surface area contributed by atoms with Crippen LogP contribution in [0, 0.1) is 0 Å². The number of pyridine rings is 2. The zero-order valence-electron chi connectivity index (χ0n) is 15.2. The third kappa shape index (κ3) is 3.25. The first-order chi connectivity index (χ1) is 12.9. The number of hydrogen-bond acceptors (Lipinski definition) is 5. The number of hydrogen-bond donors (Lipinski definition) is 2. The second-order valence-electron chi connectivity index (χ2n) is 7.52. The number of aryl methyl sites for hydroxylation is 1. The number of carboxylic acid groups (broad SMARTS) is 1. The topological polar surface area (TPSA) is 103 Å². The molecule has 144 valence electrons. The van der Waals surface area contributed by atoms with Crippen molar-refractivity contribution in [2.75, 3.05) is 13.7 Å². The van der Waals surface area contributed by atoms with Crippen molar-refractivity contribution in [3.63, 3.8) is 0 Å². The van der Waals surface area contributed by atoms with Gasteiger partial charge in [-0.2, -0.15) is 4.98 Å². The van der Waals surface area contributed by atoms with Crippen LogP contribution in [-0.2, 0) is 11.3 Å². The Morgan fingerprint density at radius 3 is 2.67 bits per heavy atom. The van der Waals surface area contributed by atoms with E-state index in [0.717, 1.165) is 31.1 Å². The van der Waals surface area contributed by atoms with Crippen LogP contribution in [0.5, 0.6) is 5.88 Å². The van der Waals surface area contributed by atoms with Crippen LogP contribution in [0.1, 0.15) is 32.1 Å². The van der Waals surface area contributed by atoms with E-state index >= 15 is 0 Å². The van der Waals surface area contributed by atoms with Crippen LogP contribution in [0.15, 0.2) is 29.1 Å². The van der Waals surface area contributed by atoms with Gasteiger partial charge in [-0.25, -0.2) is 4.79 Å². The zero-order chi connectivity index (χ0) is 19.1. The van der Waals surface area contributed by atoms with Crippen molar-refractivity contribution in [3.05, 3.63) is 34.6 Å².